The Hall–Kier alpha value is -2.89. The van der Waals surface area contributed by atoms with Crippen molar-refractivity contribution in [1.29, 1.82) is 0 Å². The minimum Gasteiger partial charge on any atom is -0.481 e. The Kier molecular flexibility index (Phi) is 14.5. The van der Waals surface area contributed by atoms with Crippen molar-refractivity contribution in [3.8, 4) is 0 Å². The van der Waals surface area contributed by atoms with E-state index in [1.54, 1.807) is 6.92 Å². The second-order valence-corrected chi connectivity index (χ2v) is 13.0. The Labute approximate surface area is 247 Å². The van der Waals surface area contributed by atoms with Gasteiger partial charge in [-0.25, -0.2) is 17.2 Å². The molecule has 42 heavy (non-hydrogen) atoms. The van der Waals surface area contributed by atoms with Crippen LogP contribution in [-0.2, 0) is 38.8 Å². The number of rotatable bonds is 19. The zero-order valence-electron chi connectivity index (χ0n) is 24.6. The van der Waals surface area contributed by atoms with Crippen LogP contribution in [0.3, 0.4) is 0 Å². The summed E-state index contributed by atoms with van der Waals surface area (Å²) in [6.07, 6.45) is 0.831. The molecule has 0 fully saturated rings. The molecular formula is C31H44F2N2O6S. The summed E-state index contributed by atoms with van der Waals surface area (Å²) in [5.41, 5.74) is 2.44. The Morgan fingerprint density at radius 2 is 1.60 bits per heavy atom. The zero-order chi connectivity index (χ0) is 31.3. The molecule has 2 aromatic carbocycles. The van der Waals surface area contributed by atoms with Crippen molar-refractivity contribution in [2.24, 2.45) is 11.8 Å². The summed E-state index contributed by atoms with van der Waals surface area (Å²) in [5, 5.41) is 26.3. The van der Waals surface area contributed by atoms with Gasteiger partial charge in [-0.2, -0.15) is 0 Å². The Balaban J connectivity index is 2.15. The van der Waals surface area contributed by atoms with Gasteiger partial charge >= 0.3 is 5.97 Å². The third-order valence-electron chi connectivity index (χ3n) is 7.33. The van der Waals surface area contributed by atoms with Crippen LogP contribution in [0.1, 0.15) is 63.1 Å². The van der Waals surface area contributed by atoms with Gasteiger partial charge in [0.1, 0.15) is 11.6 Å². The van der Waals surface area contributed by atoms with Gasteiger partial charge in [0.05, 0.1) is 29.6 Å². The minimum absolute atomic E-state index is 0.0124. The summed E-state index contributed by atoms with van der Waals surface area (Å²) in [6, 6.07) is 10.1. The van der Waals surface area contributed by atoms with E-state index in [0.29, 0.717) is 19.4 Å². The highest BCUT2D eigenvalue weighted by atomic mass is 32.2. The number of nitrogens with one attached hydrogen (secondary N) is 2. The third-order valence-corrected chi connectivity index (χ3v) is 9.10. The molecule has 2 rings (SSSR count). The molecule has 0 aliphatic carbocycles. The second-order valence-electron chi connectivity index (χ2n) is 10.8. The van der Waals surface area contributed by atoms with Crippen LogP contribution in [0.2, 0.25) is 0 Å². The van der Waals surface area contributed by atoms with Crippen molar-refractivity contribution in [3.63, 3.8) is 0 Å². The molecule has 0 heterocycles. The number of aliphatic carboxylic acids is 1. The summed E-state index contributed by atoms with van der Waals surface area (Å²) >= 11 is 0. The van der Waals surface area contributed by atoms with Crippen LogP contribution in [-0.4, -0.2) is 60.7 Å². The topological polar surface area (TPSA) is 133 Å². The van der Waals surface area contributed by atoms with Crippen molar-refractivity contribution in [2.45, 2.75) is 78.0 Å². The highest BCUT2D eigenvalue weighted by molar-refractivity contribution is 7.91. The predicted octanol–water partition coefficient (Wildman–Crippen LogP) is 4.04. The van der Waals surface area contributed by atoms with Crippen molar-refractivity contribution in [2.75, 3.05) is 18.1 Å². The Bertz CT molecular complexity index is 1250. The number of amides is 1. The number of aliphatic hydroxyl groups is 1. The smallest absolute Gasteiger partial charge is 0.307 e. The maximum atomic E-state index is 13.9. The summed E-state index contributed by atoms with van der Waals surface area (Å²) in [7, 11) is -3.73. The fourth-order valence-electron chi connectivity index (χ4n) is 4.86. The van der Waals surface area contributed by atoms with E-state index in [1.165, 1.54) is 5.56 Å². The molecule has 0 bridgehead atoms. The Morgan fingerprint density at radius 1 is 0.929 bits per heavy atom. The van der Waals surface area contributed by atoms with Crippen LogP contribution in [0, 0.1) is 23.5 Å². The van der Waals surface area contributed by atoms with Crippen molar-refractivity contribution >= 4 is 21.7 Å². The normalized spacial score (nSPS) is 14.6. The summed E-state index contributed by atoms with van der Waals surface area (Å²) in [5.74, 6) is -5.79. The van der Waals surface area contributed by atoms with Crippen LogP contribution in [0.5, 0.6) is 0 Å². The number of aliphatic hydroxyl groups excluding tert-OH is 1. The first-order chi connectivity index (χ1) is 19.9. The number of benzene rings is 2. The van der Waals surface area contributed by atoms with Gasteiger partial charge in [-0.05, 0) is 60.9 Å². The maximum Gasteiger partial charge on any atom is 0.307 e. The fourth-order valence-corrected chi connectivity index (χ4v) is 6.66. The molecule has 2 aromatic rings. The molecule has 0 radical (unpaired) electrons. The molecule has 0 aliphatic heterocycles. The number of carboxylic acid groups (broad SMARTS) is 1. The van der Waals surface area contributed by atoms with Gasteiger partial charge in [0.2, 0.25) is 5.91 Å². The fraction of sp³-hybridized carbons (Fsp3) is 0.548. The first-order valence-corrected chi connectivity index (χ1v) is 16.3. The molecule has 0 saturated carbocycles. The molecule has 0 spiro atoms. The number of hydrogen-bond donors (Lipinski definition) is 4. The van der Waals surface area contributed by atoms with Crippen LogP contribution in [0.4, 0.5) is 8.78 Å². The Morgan fingerprint density at radius 3 is 2.19 bits per heavy atom. The predicted molar refractivity (Wildman–Crippen MR) is 159 cm³/mol. The molecule has 0 aromatic heterocycles. The number of aryl methyl sites for hydroxylation is 1. The first kappa shape index (κ1) is 35.3. The van der Waals surface area contributed by atoms with Crippen LogP contribution in [0.15, 0.2) is 42.5 Å². The number of carboxylic acids is 1. The number of carbonyl (C=O) groups is 2. The van der Waals surface area contributed by atoms with E-state index in [9.17, 15) is 37.0 Å². The van der Waals surface area contributed by atoms with E-state index in [0.717, 1.165) is 30.2 Å². The van der Waals surface area contributed by atoms with E-state index in [2.05, 4.69) is 23.6 Å². The SMILES string of the molecule is CCCC(CCS(=O)(=O)CC(CC)C(=O)O)C(=O)NC(Cc1cc(F)cc(F)c1)C(O)CNCc1cccc(CC)c1. The third kappa shape index (κ3) is 12.1. The molecule has 0 aliphatic rings. The largest absolute Gasteiger partial charge is 0.481 e. The molecule has 4 atom stereocenters. The second kappa shape index (κ2) is 17.3. The van der Waals surface area contributed by atoms with Gasteiger partial charge < -0.3 is 20.8 Å². The zero-order valence-corrected chi connectivity index (χ0v) is 25.4. The molecule has 234 valence electrons. The average molecular weight is 611 g/mol. The summed E-state index contributed by atoms with van der Waals surface area (Å²) < 4.78 is 53.1. The van der Waals surface area contributed by atoms with Gasteiger partial charge in [-0.1, -0.05) is 51.5 Å². The number of hydrogen-bond acceptors (Lipinski definition) is 6. The van der Waals surface area contributed by atoms with Crippen LogP contribution >= 0.6 is 0 Å². The van der Waals surface area contributed by atoms with E-state index in [-0.39, 0.29) is 37.1 Å². The lowest BCUT2D eigenvalue weighted by molar-refractivity contribution is -0.141. The van der Waals surface area contributed by atoms with E-state index in [1.807, 2.05) is 25.1 Å². The molecule has 4 unspecified atom stereocenters. The lowest BCUT2D eigenvalue weighted by Crippen LogP contribution is -2.50. The van der Waals surface area contributed by atoms with Gasteiger partial charge in [0, 0.05) is 25.1 Å². The van der Waals surface area contributed by atoms with E-state index >= 15 is 0 Å². The van der Waals surface area contributed by atoms with E-state index < -0.39 is 63.1 Å². The molecule has 0 saturated heterocycles. The quantitative estimate of drug-likeness (QED) is 0.189. The highest BCUT2D eigenvalue weighted by Crippen LogP contribution is 2.18. The molecular weight excluding hydrogens is 566 g/mol. The molecule has 8 nitrogen and oxygen atoms in total. The number of carbonyl (C=O) groups excluding carboxylic acids is 1. The molecule has 1 amide bonds. The monoisotopic (exact) mass is 610 g/mol. The summed E-state index contributed by atoms with van der Waals surface area (Å²) in [4.78, 5) is 24.7. The molecule has 4 N–H and O–H groups in total. The number of sulfone groups is 1. The van der Waals surface area contributed by atoms with Gasteiger partial charge in [0.15, 0.2) is 9.84 Å². The van der Waals surface area contributed by atoms with Crippen molar-refractivity contribution in [3.05, 3.63) is 70.8 Å². The summed E-state index contributed by atoms with van der Waals surface area (Å²) in [6.45, 7) is 6.06. The van der Waals surface area contributed by atoms with E-state index in [4.69, 9.17) is 0 Å². The standard InChI is InChI=1S/C31H44F2N2O6S/c1-4-8-25(11-12-42(40,41)20-24(6-3)31(38)39)30(37)35-28(16-23-14-26(32)17-27(33)15-23)29(36)19-34-18-22-10-7-9-21(5-2)13-22/h7,9-10,13-15,17,24-25,28-29,34,36H,4-6,8,11-12,16,18-20H2,1-3H3,(H,35,37)(H,38,39). The minimum atomic E-state index is -3.73. The van der Waals surface area contributed by atoms with Gasteiger partial charge in [-0.3, -0.25) is 9.59 Å². The van der Waals surface area contributed by atoms with Crippen molar-refractivity contribution in [1.82, 2.24) is 10.6 Å². The molecule has 11 heteroatoms. The van der Waals surface area contributed by atoms with Crippen LogP contribution < -0.4 is 10.6 Å². The average Bonchev–Trinajstić information content (AvgIpc) is 2.93. The maximum absolute atomic E-state index is 13.9. The lowest BCUT2D eigenvalue weighted by atomic mass is 9.96. The highest BCUT2D eigenvalue weighted by Gasteiger charge is 2.29. The lowest BCUT2D eigenvalue weighted by Gasteiger charge is -2.27. The first-order valence-electron chi connectivity index (χ1n) is 14.5. The van der Waals surface area contributed by atoms with Gasteiger partial charge in [0.25, 0.3) is 0 Å². The van der Waals surface area contributed by atoms with Gasteiger partial charge in [-0.15, -0.1) is 0 Å². The number of halogens is 2. The van der Waals surface area contributed by atoms with Crippen LogP contribution in [0.25, 0.3) is 0 Å². The van der Waals surface area contributed by atoms with Crippen molar-refractivity contribution < 1.29 is 37.0 Å².